The number of piperidine rings is 1. The average molecular weight is 428 g/mol. The van der Waals surface area contributed by atoms with Crippen molar-refractivity contribution < 1.29 is 19.1 Å². The van der Waals surface area contributed by atoms with Gasteiger partial charge >= 0.3 is 0 Å². The van der Waals surface area contributed by atoms with E-state index >= 15 is 0 Å². The molecular weight excluding hydrogens is 398 g/mol. The topological polar surface area (TPSA) is 106 Å². The van der Waals surface area contributed by atoms with Gasteiger partial charge < -0.3 is 25.0 Å². The summed E-state index contributed by atoms with van der Waals surface area (Å²) in [6.07, 6.45) is 5.11. The highest BCUT2D eigenvalue weighted by molar-refractivity contribution is 5.93. The van der Waals surface area contributed by atoms with Crippen molar-refractivity contribution >= 4 is 17.8 Å². The maximum absolute atomic E-state index is 12.2. The van der Waals surface area contributed by atoms with E-state index < -0.39 is 0 Å². The first-order chi connectivity index (χ1) is 15.1. The van der Waals surface area contributed by atoms with Gasteiger partial charge in [-0.15, -0.1) is 0 Å². The summed E-state index contributed by atoms with van der Waals surface area (Å²) in [4.78, 5) is 34.2. The van der Waals surface area contributed by atoms with Gasteiger partial charge in [0, 0.05) is 39.0 Å². The maximum Gasteiger partial charge on any atom is 0.254 e. The number of hydrogen-bond acceptors (Lipinski definition) is 7. The van der Waals surface area contributed by atoms with Crippen molar-refractivity contribution in [2.24, 2.45) is 0 Å². The third kappa shape index (κ3) is 6.31. The molecule has 1 saturated heterocycles. The van der Waals surface area contributed by atoms with E-state index in [1.165, 1.54) is 12.4 Å². The number of hydrogen-bond donors (Lipinski definition) is 2. The Morgan fingerprint density at radius 3 is 2.65 bits per heavy atom. The highest BCUT2D eigenvalue weighted by Gasteiger charge is 2.24. The van der Waals surface area contributed by atoms with Gasteiger partial charge in [-0.25, -0.2) is 9.97 Å². The average Bonchev–Trinajstić information content (AvgIpc) is 2.80. The first-order valence-electron chi connectivity index (χ1n) is 10.5. The molecule has 0 saturated carbocycles. The number of benzene rings is 1. The second-order valence-corrected chi connectivity index (χ2v) is 7.16. The highest BCUT2D eigenvalue weighted by Crippen LogP contribution is 2.29. The summed E-state index contributed by atoms with van der Waals surface area (Å²) in [7, 11) is 1.56. The number of rotatable bonds is 9. The third-order valence-electron chi connectivity index (χ3n) is 4.92. The van der Waals surface area contributed by atoms with Gasteiger partial charge in [0.1, 0.15) is 6.10 Å². The van der Waals surface area contributed by atoms with Gasteiger partial charge in [0.05, 0.1) is 18.7 Å². The van der Waals surface area contributed by atoms with Crippen LogP contribution in [-0.2, 0) is 4.79 Å². The van der Waals surface area contributed by atoms with Crippen LogP contribution in [0.2, 0.25) is 0 Å². The molecule has 0 aliphatic carbocycles. The van der Waals surface area contributed by atoms with Gasteiger partial charge in [-0.2, -0.15) is 0 Å². The summed E-state index contributed by atoms with van der Waals surface area (Å²) in [5, 5.41) is 5.20. The van der Waals surface area contributed by atoms with Crippen molar-refractivity contribution in [3.05, 3.63) is 42.2 Å². The zero-order chi connectivity index (χ0) is 22.1. The fraction of sp³-hybridized carbons (Fsp3) is 0.455. The normalized spacial score (nSPS) is 15.8. The van der Waals surface area contributed by atoms with Crippen LogP contribution in [0.5, 0.6) is 11.5 Å². The number of carbonyl (C=O) groups excluding carboxylic acids is 2. The number of carbonyl (C=O) groups is 2. The van der Waals surface area contributed by atoms with E-state index in [0.29, 0.717) is 24.7 Å². The molecule has 2 aromatic rings. The molecule has 2 amide bonds. The Morgan fingerprint density at radius 2 is 1.94 bits per heavy atom. The number of ether oxygens (including phenoxy) is 2. The van der Waals surface area contributed by atoms with E-state index in [2.05, 4.69) is 25.5 Å². The molecule has 0 spiro atoms. The van der Waals surface area contributed by atoms with Gasteiger partial charge in [-0.3, -0.25) is 9.59 Å². The van der Waals surface area contributed by atoms with E-state index in [-0.39, 0.29) is 30.9 Å². The summed E-state index contributed by atoms with van der Waals surface area (Å²) < 4.78 is 11.9. The zero-order valence-corrected chi connectivity index (χ0v) is 18.0. The molecule has 1 aromatic carbocycles. The van der Waals surface area contributed by atoms with Crippen LogP contribution in [0.3, 0.4) is 0 Å². The van der Waals surface area contributed by atoms with Crippen LogP contribution in [0.15, 0.2) is 36.7 Å². The van der Waals surface area contributed by atoms with E-state index in [0.717, 1.165) is 30.9 Å². The van der Waals surface area contributed by atoms with Gasteiger partial charge in [0.15, 0.2) is 11.5 Å². The molecule has 1 aliphatic rings. The Labute approximate surface area is 182 Å². The molecule has 1 atom stereocenters. The fourth-order valence-corrected chi connectivity index (χ4v) is 3.34. The summed E-state index contributed by atoms with van der Waals surface area (Å²) in [6, 6.07) is 7.67. The highest BCUT2D eigenvalue weighted by atomic mass is 16.5. The summed E-state index contributed by atoms with van der Waals surface area (Å²) >= 11 is 0. The van der Waals surface area contributed by atoms with Crippen molar-refractivity contribution in [3.8, 4) is 11.5 Å². The first-order valence-corrected chi connectivity index (χ1v) is 10.5. The molecule has 9 nitrogen and oxygen atoms in total. The summed E-state index contributed by atoms with van der Waals surface area (Å²) in [5.41, 5.74) is 0.358. The van der Waals surface area contributed by atoms with Crippen LogP contribution in [0.4, 0.5) is 5.95 Å². The Bertz CT molecular complexity index is 874. The molecule has 0 radical (unpaired) electrons. The monoisotopic (exact) mass is 427 g/mol. The quantitative estimate of drug-likeness (QED) is 0.628. The lowest BCUT2D eigenvalue weighted by Gasteiger charge is -2.33. The number of nitrogens with zero attached hydrogens (tertiary/aromatic N) is 3. The molecule has 1 fully saturated rings. The minimum atomic E-state index is -0.303. The number of aromatic nitrogens is 2. The molecule has 0 bridgehead atoms. The van der Waals surface area contributed by atoms with Crippen LogP contribution in [-0.4, -0.2) is 61.2 Å². The summed E-state index contributed by atoms with van der Waals surface area (Å²) in [6.45, 7) is 4.26. The van der Waals surface area contributed by atoms with E-state index in [1.807, 2.05) is 31.2 Å². The number of nitrogens with one attached hydrogen (secondary N) is 2. The van der Waals surface area contributed by atoms with Crippen LogP contribution in [0, 0.1) is 0 Å². The molecule has 2 heterocycles. The standard InChI is InChI=1S/C22H29N5O4/c1-3-30-18-8-4-5-9-19(18)31-17-7-6-12-27(15-17)22-25-13-16(14-26-22)21(29)24-11-10-20(28)23-2/h4-5,8-9,13-14,17H,3,6-7,10-12,15H2,1-2H3,(H,23,28)(H,24,29). The first kappa shape index (κ1) is 22.3. The lowest BCUT2D eigenvalue weighted by molar-refractivity contribution is -0.120. The molecular formula is C22H29N5O4. The largest absolute Gasteiger partial charge is 0.490 e. The van der Waals surface area contributed by atoms with Crippen LogP contribution in [0.1, 0.15) is 36.5 Å². The number of amides is 2. The maximum atomic E-state index is 12.2. The van der Waals surface area contributed by atoms with Gasteiger partial charge in [0.25, 0.3) is 5.91 Å². The van der Waals surface area contributed by atoms with E-state index in [1.54, 1.807) is 7.05 Å². The molecule has 1 unspecified atom stereocenters. The Morgan fingerprint density at radius 1 is 1.19 bits per heavy atom. The van der Waals surface area contributed by atoms with Gasteiger partial charge in [0.2, 0.25) is 11.9 Å². The van der Waals surface area contributed by atoms with Gasteiger partial charge in [-0.05, 0) is 31.9 Å². The number of para-hydroxylation sites is 2. The Hall–Kier alpha value is -3.36. The predicted molar refractivity (Wildman–Crippen MR) is 117 cm³/mol. The van der Waals surface area contributed by atoms with E-state index in [9.17, 15) is 9.59 Å². The Balaban J connectivity index is 1.57. The van der Waals surface area contributed by atoms with E-state index in [4.69, 9.17) is 9.47 Å². The van der Waals surface area contributed by atoms with Crippen LogP contribution in [0.25, 0.3) is 0 Å². The minimum absolute atomic E-state index is 0.00774. The number of anilines is 1. The van der Waals surface area contributed by atoms with Gasteiger partial charge in [-0.1, -0.05) is 12.1 Å². The van der Waals surface area contributed by atoms with Crippen LogP contribution < -0.4 is 25.0 Å². The summed E-state index contributed by atoms with van der Waals surface area (Å²) in [5.74, 6) is 1.61. The lowest BCUT2D eigenvalue weighted by atomic mass is 10.1. The smallest absolute Gasteiger partial charge is 0.254 e. The molecule has 166 valence electrons. The molecule has 31 heavy (non-hydrogen) atoms. The molecule has 2 N–H and O–H groups in total. The second kappa shape index (κ2) is 11.1. The molecule has 3 rings (SSSR count). The van der Waals surface area contributed by atoms with Crippen molar-refractivity contribution in [2.45, 2.75) is 32.3 Å². The zero-order valence-electron chi connectivity index (χ0n) is 18.0. The van der Waals surface area contributed by atoms with Crippen molar-refractivity contribution in [2.75, 3.05) is 38.2 Å². The molecule has 1 aliphatic heterocycles. The predicted octanol–water partition coefficient (Wildman–Crippen LogP) is 1.79. The van der Waals surface area contributed by atoms with Crippen LogP contribution >= 0.6 is 0 Å². The Kier molecular flexibility index (Phi) is 8.03. The molecule has 9 heteroatoms. The third-order valence-corrected chi connectivity index (χ3v) is 4.92. The molecule has 1 aromatic heterocycles. The minimum Gasteiger partial charge on any atom is -0.490 e. The van der Waals surface area contributed by atoms with Crippen molar-refractivity contribution in [1.82, 2.24) is 20.6 Å². The SMILES string of the molecule is CCOc1ccccc1OC1CCCN(c2ncc(C(=O)NCCC(=O)NC)cn2)C1. The lowest BCUT2D eigenvalue weighted by Crippen LogP contribution is -2.42. The van der Waals surface area contributed by atoms with Crippen molar-refractivity contribution in [1.29, 1.82) is 0 Å². The fourth-order valence-electron chi connectivity index (χ4n) is 3.34. The second-order valence-electron chi connectivity index (χ2n) is 7.16. The van der Waals surface area contributed by atoms with Crippen molar-refractivity contribution in [3.63, 3.8) is 0 Å².